The molecule has 0 aliphatic carbocycles. The molecule has 2 nitrogen and oxygen atoms in total. The van der Waals surface area contributed by atoms with Gasteiger partial charge in [-0.15, -0.1) is 0 Å². The summed E-state index contributed by atoms with van der Waals surface area (Å²) in [7, 11) is 0. The van der Waals surface area contributed by atoms with Gasteiger partial charge in [-0.1, -0.05) is 116 Å². The summed E-state index contributed by atoms with van der Waals surface area (Å²) in [6.45, 7) is 22.8. The molecular formula is C49H50N2. The SMILES string of the molecule is Cc1ccc2c(c1)c1cc(C(C)(C)C)ccc1n2-c1ccc(-c2ccc(-n3c4ccc(C(C)(C)C)cc4c4cc(C(C)(C)C)ccc43)cc2)cc1. The molecule has 2 heterocycles. The van der Waals surface area contributed by atoms with E-state index in [-0.39, 0.29) is 16.2 Å². The molecule has 0 saturated carbocycles. The first-order valence-corrected chi connectivity index (χ1v) is 18.4. The molecule has 0 atom stereocenters. The summed E-state index contributed by atoms with van der Waals surface area (Å²) in [5, 5.41) is 5.26. The van der Waals surface area contributed by atoms with Crippen molar-refractivity contribution in [2.24, 2.45) is 0 Å². The smallest absolute Gasteiger partial charge is 0.0541 e. The lowest BCUT2D eigenvalue weighted by Gasteiger charge is -2.19. The standard InChI is InChI=1S/C49H50N2/c1-31-11-23-43-39(27-31)40-28-34(47(2,3)4)16-24-44(40)50(43)37-19-12-32(13-20-37)33-14-21-38(22-15-33)51-45-25-17-35(48(5,6)7)29-41(45)42-30-36(49(8,9)10)18-26-46(42)51/h11-30H,1-10H3. The summed E-state index contributed by atoms with van der Waals surface area (Å²) >= 11 is 0. The second-order valence-corrected chi connectivity index (χ2v) is 17.7. The van der Waals surface area contributed by atoms with Crippen molar-refractivity contribution in [3.63, 3.8) is 0 Å². The molecule has 0 radical (unpaired) electrons. The molecular weight excluding hydrogens is 617 g/mol. The maximum Gasteiger partial charge on any atom is 0.0541 e. The van der Waals surface area contributed by atoms with Crippen LogP contribution in [-0.2, 0) is 16.2 Å². The van der Waals surface area contributed by atoms with Gasteiger partial charge in [0.05, 0.1) is 22.1 Å². The molecule has 0 spiro atoms. The number of nitrogens with zero attached hydrogens (tertiary/aromatic N) is 2. The molecule has 0 bridgehead atoms. The first-order chi connectivity index (χ1) is 24.1. The quantitative estimate of drug-likeness (QED) is 0.178. The molecule has 0 fully saturated rings. The Hall–Kier alpha value is -5.08. The molecule has 0 N–H and O–H groups in total. The Bertz CT molecular complexity index is 2530. The zero-order valence-corrected chi connectivity index (χ0v) is 31.9. The lowest BCUT2D eigenvalue weighted by molar-refractivity contribution is 0.590. The molecule has 0 amide bonds. The van der Waals surface area contributed by atoms with E-state index in [4.69, 9.17) is 0 Å². The monoisotopic (exact) mass is 666 g/mol. The Kier molecular flexibility index (Phi) is 7.44. The fourth-order valence-electron chi connectivity index (χ4n) is 7.72. The van der Waals surface area contributed by atoms with Gasteiger partial charge in [0.1, 0.15) is 0 Å². The van der Waals surface area contributed by atoms with Gasteiger partial charge in [0.15, 0.2) is 0 Å². The van der Waals surface area contributed by atoms with Gasteiger partial charge in [0.2, 0.25) is 0 Å². The van der Waals surface area contributed by atoms with Crippen LogP contribution < -0.4 is 0 Å². The summed E-state index contributed by atoms with van der Waals surface area (Å²) in [6.07, 6.45) is 0. The van der Waals surface area contributed by atoms with E-state index in [2.05, 4.69) is 200 Å². The van der Waals surface area contributed by atoms with Gasteiger partial charge in [-0.25, -0.2) is 0 Å². The van der Waals surface area contributed by atoms with E-state index in [1.54, 1.807) is 0 Å². The molecule has 8 rings (SSSR count). The van der Waals surface area contributed by atoms with Crippen molar-refractivity contribution in [3.8, 4) is 22.5 Å². The van der Waals surface area contributed by atoms with Crippen LogP contribution >= 0.6 is 0 Å². The summed E-state index contributed by atoms with van der Waals surface area (Å²) in [6, 6.07) is 46.1. The fraction of sp³-hybridized carbons (Fsp3) is 0.265. The molecule has 0 unspecified atom stereocenters. The van der Waals surface area contributed by atoms with Crippen molar-refractivity contribution in [1.29, 1.82) is 0 Å². The third-order valence-electron chi connectivity index (χ3n) is 10.9. The van der Waals surface area contributed by atoms with E-state index in [9.17, 15) is 0 Å². The minimum Gasteiger partial charge on any atom is -0.309 e. The van der Waals surface area contributed by atoms with Gasteiger partial charge in [0, 0.05) is 32.9 Å². The lowest BCUT2D eigenvalue weighted by atomic mass is 9.85. The Morgan fingerprint density at radius 1 is 0.333 bits per heavy atom. The average molecular weight is 667 g/mol. The third-order valence-corrected chi connectivity index (χ3v) is 10.9. The van der Waals surface area contributed by atoms with Crippen molar-refractivity contribution in [3.05, 3.63) is 144 Å². The minimum absolute atomic E-state index is 0.0812. The molecule has 0 aliphatic heterocycles. The maximum absolute atomic E-state index is 2.44. The van der Waals surface area contributed by atoms with Crippen LogP contribution in [0, 0.1) is 6.92 Å². The van der Waals surface area contributed by atoms with E-state index in [1.165, 1.54) is 88.4 Å². The largest absolute Gasteiger partial charge is 0.309 e. The van der Waals surface area contributed by atoms with Crippen LogP contribution in [0.15, 0.2) is 121 Å². The molecule has 0 saturated heterocycles. The molecule has 8 aromatic rings. The van der Waals surface area contributed by atoms with Crippen molar-refractivity contribution >= 4 is 43.6 Å². The normalized spacial score (nSPS) is 12.9. The van der Waals surface area contributed by atoms with Crippen LogP contribution in [0.5, 0.6) is 0 Å². The molecule has 0 aliphatic rings. The van der Waals surface area contributed by atoms with Gasteiger partial charge in [-0.3, -0.25) is 0 Å². The summed E-state index contributed by atoms with van der Waals surface area (Å²) in [5.41, 5.74) is 15.4. The highest BCUT2D eigenvalue weighted by molar-refractivity contribution is 6.11. The second kappa shape index (κ2) is 11.5. The van der Waals surface area contributed by atoms with Gasteiger partial charge >= 0.3 is 0 Å². The number of rotatable bonds is 3. The second-order valence-electron chi connectivity index (χ2n) is 17.7. The van der Waals surface area contributed by atoms with E-state index in [1.807, 2.05) is 0 Å². The number of benzene rings is 6. The Morgan fingerprint density at radius 3 is 0.941 bits per heavy atom. The van der Waals surface area contributed by atoms with Crippen molar-refractivity contribution in [1.82, 2.24) is 9.13 Å². The van der Waals surface area contributed by atoms with Crippen LogP contribution in [0.2, 0.25) is 0 Å². The highest BCUT2D eigenvalue weighted by Gasteiger charge is 2.22. The highest BCUT2D eigenvalue weighted by atomic mass is 15.0. The van der Waals surface area contributed by atoms with Crippen LogP contribution in [0.25, 0.3) is 66.1 Å². The zero-order valence-electron chi connectivity index (χ0n) is 31.9. The minimum atomic E-state index is 0.0812. The molecule has 256 valence electrons. The first-order valence-electron chi connectivity index (χ1n) is 18.4. The summed E-state index contributed by atoms with van der Waals surface area (Å²) in [4.78, 5) is 0. The average Bonchev–Trinajstić information content (AvgIpc) is 3.58. The van der Waals surface area contributed by atoms with Gasteiger partial charge in [0.25, 0.3) is 0 Å². The van der Waals surface area contributed by atoms with E-state index in [0.29, 0.717) is 0 Å². The lowest BCUT2D eigenvalue weighted by Crippen LogP contribution is -2.10. The van der Waals surface area contributed by atoms with Gasteiger partial charge in [-0.2, -0.15) is 0 Å². The predicted octanol–water partition coefficient (Wildman–Crippen LogP) is 13.7. The van der Waals surface area contributed by atoms with Crippen molar-refractivity contribution in [2.75, 3.05) is 0 Å². The van der Waals surface area contributed by atoms with Gasteiger partial charge < -0.3 is 9.13 Å². The Labute approximate surface area is 303 Å². The van der Waals surface area contributed by atoms with Crippen molar-refractivity contribution in [2.45, 2.75) is 85.5 Å². The van der Waals surface area contributed by atoms with Crippen LogP contribution in [0.4, 0.5) is 0 Å². The van der Waals surface area contributed by atoms with E-state index >= 15 is 0 Å². The van der Waals surface area contributed by atoms with Crippen molar-refractivity contribution < 1.29 is 0 Å². The number of aromatic nitrogens is 2. The number of hydrogen-bond donors (Lipinski definition) is 0. The summed E-state index contributed by atoms with van der Waals surface area (Å²) < 4.78 is 4.85. The highest BCUT2D eigenvalue weighted by Crippen LogP contribution is 2.39. The molecule has 2 heteroatoms. The maximum atomic E-state index is 2.44. The van der Waals surface area contributed by atoms with Crippen LogP contribution in [-0.4, -0.2) is 9.13 Å². The number of fused-ring (bicyclic) bond motifs is 6. The van der Waals surface area contributed by atoms with Crippen LogP contribution in [0.1, 0.15) is 84.6 Å². The molecule has 51 heavy (non-hydrogen) atoms. The number of hydrogen-bond acceptors (Lipinski definition) is 0. The van der Waals surface area contributed by atoms with E-state index in [0.717, 1.165) is 0 Å². The first kappa shape index (κ1) is 33.1. The zero-order chi connectivity index (χ0) is 36.0. The predicted molar refractivity (Wildman–Crippen MR) is 221 cm³/mol. The molecule has 6 aromatic carbocycles. The topological polar surface area (TPSA) is 9.86 Å². The Morgan fingerprint density at radius 2 is 0.627 bits per heavy atom. The fourth-order valence-corrected chi connectivity index (χ4v) is 7.72. The number of aryl methyl sites for hydroxylation is 1. The Balaban J connectivity index is 1.19. The van der Waals surface area contributed by atoms with Gasteiger partial charge in [-0.05, 0) is 124 Å². The summed E-state index contributed by atoms with van der Waals surface area (Å²) in [5.74, 6) is 0. The molecule has 2 aromatic heterocycles. The third kappa shape index (κ3) is 5.66. The van der Waals surface area contributed by atoms with Crippen LogP contribution in [0.3, 0.4) is 0 Å². The van der Waals surface area contributed by atoms with E-state index < -0.39 is 0 Å².